The number of hydrogen-bond donors (Lipinski definition) is 1. The van der Waals surface area contributed by atoms with Crippen LogP contribution in [0, 0.1) is 11.8 Å². The van der Waals surface area contributed by atoms with Crippen molar-refractivity contribution in [3.05, 3.63) is 0 Å². The highest BCUT2D eigenvalue weighted by Crippen LogP contribution is 2.43. The fourth-order valence-corrected chi connectivity index (χ4v) is 3.50. The Labute approximate surface area is 84.8 Å². The number of rotatable bonds is 1. The molecule has 0 spiro atoms. The Bertz CT molecular complexity index is 246. The van der Waals surface area contributed by atoms with E-state index in [1.807, 2.05) is 0 Å². The van der Waals surface area contributed by atoms with Crippen LogP contribution in [0.2, 0.25) is 0 Å². The van der Waals surface area contributed by atoms with E-state index in [1.54, 1.807) is 0 Å². The van der Waals surface area contributed by atoms with Gasteiger partial charge in [0.1, 0.15) is 0 Å². The minimum absolute atomic E-state index is 0.322. The van der Waals surface area contributed by atoms with Crippen molar-refractivity contribution in [3.63, 3.8) is 0 Å². The third-order valence-electron chi connectivity index (χ3n) is 4.29. The Balaban J connectivity index is 1.75. The monoisotopic (exact) mass is 194 g/mol. The molecule has 14 heavy (non-hydrogen) atoms. The lowest BCUT2D eigenvalue weighted by atomic mass is 9.67. The van der Waals surface area contributed by atoms with Gasteiger partial charge in [0.15, 0.2) is 0 Å². The van der Waals surface area contributed by atoms with Crippen molar-refractivity contribution in [2.45, 2.75) is 38.1 Å². The summed E-state index contributed by atoms with van der Waals surface area (Å²) in [5, 5.41) is 3.16. The van der Waals surface area contributed by atoms with E-state index >= 15 is 0 Å². The predicted molar refractivity (Wildman–Crippen MR) is 53.6 cm³/mol. The zero-order valence-corrected chi connectivity index (χ0v) is 8.54. The standard InChI is InChI=1S/C11H18N2O/c14-11-6-12-7-13(11)10-5-8-1-3-9(10)4-2-8/h8-10,12H,1-7H2. The Morgan fingerprint density at radius 3 is 2.50 bits per heavy atom. The van der Waals surface area contributed by atoms with E-state index in [0.717, 1.165) is 18.5 Å². The van der Waals surface area contributed by atoms with Gasteiger partial charge in [0.05, 0.1) is 13.2 Å². The van der Waals surface area contributed by atoms with Crippen LogP contribution in [0.1, 0.15) is 32.1 Å². The minimum atomic E-state index is 0.322. The summed E-state index contributed by atoms with van der Waals surface area (Å²) in [6.45, 7) is 1.36. The second-order valence-electron chi connectivity index (χ2n) is 5.03. The fraction of sp³-hybridized carbons (Fsp3) is 0.909. The van der Waals surface area contributed by atoms with Gasteiger partial charge in [-0.2, -0.15) is 0 Å². The molecule has 0 radical (unpaired) electrons. The second kappa shape index (κ2) is 3.23. The van der Waals surface area contributed by atoms with Gasteiger partial charge in [-0.15, -0.1) is 0 Å². The van der Waals surface area contributed by atoms with Crippen LogP contribution in [-0.4, -0.2) is 30.1 Å². The van der Waals surface area contributed by atoms with Gasteiger partial charge in [0.2, 0.25) is 5.91 Å². The molecule has 1 N–H and O–H groups in total. The molecule has 1 aliphatic heterocycles. The highest BCUT2D eigenvalue weighted by Gasteiger charge is 2.41. The maximum absolute atomic E-state index is 11.6. The maximum atomic E-state index is 11.6. The molecule has 1 saturated heterocycles. The van der Waals surface area contributed by atoms with Crippen LogP contribution >= 0.6 is 0 Å². The molecule has 2 bridgehead atoms. The molecule has 4 fully saturated rings. The summed E-state index contributed by atoms with van der Waals surface area (Å²) in [6, 6.07) is 0.574. The average molecular weight is 194 g/mol. The summed E-state index contributed by atoms with van der Waals surface area (Å²) >= 11 is 0. The molecule has 1 amide bonds. The first-order chi connectivity index (χ1) is 6.84. The van der Waals surface area contributed by atoms with E-state index in [9.17, 15) is 4.79 Å². The first-order valence-electron chi connectivity index (χ1n) is 5.85. The molecule has 3 saturated carbocycles. The highest BCUT2D eigenvalue weighted by atomic mass is 16.2. The van der Waals surface area contributed by atoms with Crippen LogP contribution in [0.25, 0.3) is 0 Å². The first kappa shape index (κ1) is 8.72. The van der Waals surface area contributed by atoms with Crippen LogP contribution in [0.5, 0.6) is 0 Å². The quantitative estimate of drug-likeness (QED) is 0.674. The van der Waals surface area contributed by atoms with Crippen LogP contribution in [0.4, 0.5) is 0 Å². The van der Waals surface area contributed by atoms with Gasteiger partial charge >= 0.3 is 0 Å². The number of hydrogen-bond acceptors (Lipinski definition) is 2. The highest BCUT2D eigenvalue weighted by molar-refractivity contribution is 5.80. The lowest BCUT2D eigenvalue weighted by Gasteiger charge is -2.46. The van der Waals surface area contributed by atoms with Crippen LogP contribution in [0.15, 0.2) is 0 Å². The average Bonchev–Trinajstić information content (AvgIpc) is 2.66. The van der Waals surface area contributed by atoms with Crippen molar-refractivity contribution >= 4 is 5.91 Å². The van der Waals surface area contributed by atoms with Crippen LogP contribution < -0.4 is 5.32 Å². The summed E-state index contributed by atoms with van der Waals surface area (Å²) in [5.41, 5.74) is 0. The first-order valence-corrected chi connectivity index (χ1v) is 5.85. The maximum Gasteiger partial charge on any atom is 0.237 e. The predicted octanol–water partition coefficient (Wildman–Crippen LogP) is 0.954. The Morgan fingerprint density at radius 2 is 2.00 bits per heavy atom. The summed E-state index contributed by atoms with van der Waals surface area (Å²) in [7, 11) is 0. The lowest BCUT2D eigenvalue weighted by Crippen LogP contribution is -2.48. The number of amides is 1. The molecule has 1 unspecified atom stereocenters. The molecule has 0 aromatic rings. The van der Waals surface area contributed by atoms with Gasteiger partial charge in [-0.25, -0.2) is 0 Å². The van der Waals surface area contributed by atoms with Crippen LogP contribution in [-0.2, 0) is 4.79 Å². The topological polar surface area (TPSA) is 32.3 Å². The summed E-state index contributed by atoms with van der Waals surface area (Å²) in [6.07, 6.45) is 6.82. The van der Waals surface area contributed by atoms with E-state index in [2.05, 4.69) is 10.2 Å². The summed E-state index contributed by atoms with van der Waals surface area (Å²) in [5.74, 6) is 2.05. The van der Waals surface area contributed by atoms with Crippen molar-refractivity contribution in [3.8, 4) is 0 Å². The van der Waals surface area contributed by atoms with E-state index in [0.29, 0.717) is 18.5 Å². The number of nitrogens with zero attached hydrogens (tertiary/aromatic N) is 1. The van der Waals surface area contributed by atoms with Crippen molar-refractivity contribution < 1.29 is 4.79 Å². The van der Waals surface area contributed by atoms with Gasteiger partial charge in [-0.1, -0.05) is 12.8 Å². The third kappa shape index (κ3) is 1.26. The molecular formula is C11H18N2O. The molecule has 0 aromatic carbocycles. The zero-order valence-electron chi connectivity index (χ0n) is 8.54. The molecule has 0 aromatic heterocycles. The van der Waals surface area contributed by atoms with Gasteiger partial charge < -0.3 is 4.90 Å². The van der Waals surface area contributed by atoms with Crippen molar-refractivity contribution in [1.82, 2.24) is 10.2 Å². The molecule has 3 aliphatic carbocycles. The molecule has 3 nitrogen and oxygen atoms in total. The Kier molecular flexibility index (Phi) is 2.01. The van der Waals surface area contributed by atoms with Gasteiger partial charge in [0, 0.05) is 6.04 Å². The zero-order chi connectivity index (χ0) is 9.54. The van der Waals surface area contributed by atoms with Gasteiger partial charge in [-0.3, -0.25) is 10.1 Å². The van der Waals surface area contributed by atoms with E-state index in [-0.39, 0.29) is 0 Å². The largest absolute Gasteiger partial charge is 0.326 e. The Morgan fingerprint density at radius 1 is 1.21 bits per heavy atom. The van der Waals surface area contributed by atoms with Gasteiger partial charge in [-0.05, 0) is 31.1 Å². The summed E-state index contributed by atoms with van der Waals surface area (Å²) < 4.78 is 0. The summed E-state index contributed by atoms with van der Waals surface area (Å²) in [4.78, 5) is 13.7. The lowest BCUT2D eigenvalue weighted by molar-refractivity contribution is -0.131. The number of carbonyl (C=O) groups is 1. The number of nitrogens with one attached hydrogen (secondary N) is 1. The molecule has 78 valence electrons. The second-order valence-corrected chi connectivity index (χ2v) is 5.03. The molecule has 4 aliphatic rings. The van der Waals surface area contributed by atoms with Crippen LogP contribution in [0.3, 0.4) is 0 Å². The van der Waals surface area contributed by atoms with Crippen molar-refractivity contribution in [1.29, 1.82) is 0 Å². The molecular weight excluding hydrogens is 176 g/mol. The number of fused-ring (bicyclic) bond motifs is 3. The Hall–Kier alpha value is -0.570. The van der Waals surface area contributed by atoms with E-state index < -0.39 is 0 Å². The third-order valence-corrected chi connectivity index (χ3v) is 4.29. The smallest absolute Gasteiger partial charge is 0.237 e. The van der Waals surface area contributed by atoms with E-state index in [1.165, 1.54) is 32.1 Å². The molecule has 1 atom stereocenters. The fourth-order valence-electron chi connectivity index (χ4n) is 3.50. The molecule has 4 rings (SSSR count). The number of carbonyl (C=O) groups excluding carboxylic acids is 1. The molecule has 3 heteroatoms. The SMILES string of the molecule is O=C1CNCN1C1CC2CCC1CC2. The van der Waals surface area contributed by atoms with Crippen molar-refractivity contribution in [2.24, 2.45) is 11.8 Å². The van der Waals surface area contributed by atoms with Crippen molar-refractivity contribution in [2.75, 3.05) is 13.2 Å². The normalized spacial score (nSPS) is 42.1. The van der Waals surface area contributed by atoms with Gasteiger partial charge in [0.25, 0.3) is 0 Å². The minimum Gasteiger partial charge on any atom is -0.326 e. The molecule has 1 heterocycles. The van der Waals surface area contributed by atoms with E-state index in [4.69, 9.17) is 0 Å².